The van der Waals surface area contributed by atoms with Gasteiger partial charge in [-0.15, -0.1) is 11.8 Å². The minimum absolute atomic E-state index is 0.141. The molecule has 0 fully saturated rings. The number of nitrogens with zero attached hydrogens (tertiary/aromatic N) is 1. The van der Waals surface area contributed by atoms with Crippen molar-refractivity contribution in [2.75, 3.05) is 19.4 Å². The lowest BCUT2D eigenvalue weighted by Crippen LogP contribution is -2.48. The molecule has 0 saturated carbocycles. The summed E-state index contributed by atoms with van der Waals surface area (Å²) in [4.78, 5) is 27.4. The Labute approximate surface area is 204 Å². The normalized spacial score (nSPS) is 11.7. The Morgan fingerprint density at radius 3 is 2.38 bits per heavy atom. The van der Waals surface area contributed by atoms with Crippen LogP contribution >= 0.6 is 35.0 Å². The van der Waals surface area contributed by atoms with Gasteiger partial charge in [-0.05, 0) is 43.2 Å². The maximum absolute atomic E-state index is 13.2. The summed E-state index contributed by atoms with van der Waals surface area (Å²) in [6.45, 7) is 4.55. The van der Waals surface area contributed by atoms with Crippen molar-refractivity contribution >= 4 is 46.8 Å². The van der Waals surface area contributed by atoms with E-state index in [1.165, 1.54) is 11.8 Å². The molecule has 1 N–H and O–H groups in total. The molecule has 0 aliphatic heterocycles. The third-order valence-corrected chi connectivity index (χ3v) is 6.74. The first-order chi connectivity index (χ1) is 15.4. The summed E-state index contributed by atoms with van der Waals surface area (Å²) in [6.07, 6.45) is 1.87. The van der Waals surface area contributed by atoms with Crippen LogP contribution in [0.5, 0.6) is 5.75 Å². The van der Waals surface area contributed by atoms with Gasteiger partial charge in [0.1, 0.15) is 11.8 Å². The van der Waals surface area contributed by atoms with Crippen LogP contribution in [0.4, 0.5) is 0 Å². The molecule has 0 aliphatic carbocycles. The molecule has 8 heteroatoms. The second-order valence-corrected chi connectivity index (χ2v) is 9.18. The second kappa shape index (κ2) is 13.6. The zero-order valence-corrected chi connectivity index (χ0v) is 21.0. The van der Waals surface area contributed by atoms with Crippen molar-refractivity contribution < 1.29 is 14.3 Å². The van der Waals surface area contributed by atoms with E-state index >= 15 is 0 Å². The smallest absolute Gasteiger partial charge is 0.242 e. The fourth-order valence-corrected chi connectivity index (χ4v) is 4.42. The van der Waals surface area contributed by atoms with Crippen molar-refractivity contribution in [3.63, 3.8) is 0 Å². The van der Waals surface area contributed by atoms with Crippen molar-refractivity contribution in [2.45, 2.75) is 45.0 Å². The Morgan fingerprint density at radius 2 is 1.78 bits per heavy atom. The summed E-state index contributed by atoms with van der Waals surface area (Å²) in [5.41, 5.74) is 1.73. The van der Waals surface area contributed by atoms with Crippen molar-refractivity contribution in [3.05, 3.63) is 63.6 Å². The average Bonchev–Trinajstić information content (AvgIpc) is 2.79. The number of methoxy groups -OCH3 is 1. The highest BCUT2D eigenvalue weighted by Crippen LogP contribution is 2.27. The number of benzene rings is 2. The number of halogens is 2. The molecule has 5 nitrogen and oxygen atoms in total. The van der Waals surface area contributed by atoms with Gasteiger partial charge >= 0.3 is 0 Å². The number of hydrogen-bond acceptors (Lipinski definition) is 4. The lowest BCUT2D eigenvalue weighted by Gasteiger charge is -2.29. The Kier molecular flexibility index (Phi) is 11.2. The third kappa shape index (κ3) is 7.91. The molecule has 0 aromatic heterocycles. The number of nitrogens with one attached hydrogen (secondary N) is 1. The van der Waals surface area contributed by atoms with E-state index in [-0.39, 0.29) is 24.1 Å². The quantitative estimate of drug-likeness (QED) is 0.390. The first kappa shape index (κ1) is 26.4. The van der Waals surface area contributed by atoms with Gasteiger partial charge in [-0.25, -0.2) is 0 Å². The van der Waals surface area contributed by atoms with E-state index in [0.717, 1.165) is 24.2 Å². The van der Waals surface area contributed by atoms with E-state index in [1.54, 1.807) is 37.1 Å². The lowest BCUT2D eigenvalue weighted by atomic mass is 10.1. The first-order valence-electron chi connectivity index (χ1n) is 10.6. The van der Waals surface area contributed by atoms with E-state index < -0.39 is 6.04 Å². The standard InChI is InChI=1S/C24H30Cl2N2O3S/c1-4-5-13-27-24(30)17(2)28(14-20-21(25)7-6-8-22(20)26)23(29)16-32-15-18-9-11-19(31-3)12-10-18/h6-12,17H,4-5,13-16H2,1-3H3,(H,27,30). The van der Waals surface area contributed by atoms with Gasteiger partial charge in [0.05, 0.1) is 12.9 Å². The molecule has 0 heterocycles. The van der Waals surface area contributed by atoms with Crippen LogP contribution in [0.1, 0.15) is 37.8 Å². The molecule has 0 saturated heterocycles. The number of ether oxygens (including phenoxy) is 1. The Morgan fingerprint density at radius 1 is 1.12 bits per heavy atom. The molecule has 1 unspecified atom stereocenters. The number of carbonyl (C=O) groups excluding carboxylic acids is 2. The van der Waals surface area contributed by atoms with Gasteiger partial charge in [-0.1, -0.05) is 54.7 Å². The van der Waals surface area contributed by atoms with Crippen LogP contribution in [0.2, 0.25) is 10.0 Å². The maximum atomic E-state index is 13.2. The van der Waals surface area contributed by atoms with Gasteiger partial charge in [0.25, 0.3) is 0 Å². The van der Waals surface area contributed by atoms with Crippen LogP contribution in [0.25, 0.3) is 0 Å². The number of amides is 2. The summed E-state index contributed by atoms with van der Waals surface area (Å²) >= 11 is 14.2. The van der Waals surface area contributed by atoms with Gasteiger partial charge in [-0.3, -0.25) is 9.59 Å². The highest BCUT2D eigenvalue weighted by molar-refractivity contribution is 7.99. The Hall–Kier alpha value is -1.89. The Bertz CT molecular complexity index is 873. The molecular weight excluding hydrogens is 467 g/mol. The summed E-state index contributed by atoms with van der Waals surface area (Å²) in [7, 11) is 1.63. The van der Waals surface area contributed by atoms with E-state index in [2.05, 4.69) is 12.2 Å². The van der Waals surface area contributed by atoms with Crippen molar-refractivity contribution in [3.8, 4) is 5.75 Å². The molecule has 2 amide bonds. The van der Waals surface area contributed by atoms with Gasteiger partial charge < -0.3 is 15.0 Å². The topological polar surface area (TPSA) is 58.6 Å². The largest absolute Gasteiger partial charge is 0.497 e. The summed E-state index contributed by atoms with van der Waals surface area (Å²) in [6, 6.07) is 12.3. The van der Waals surface area contributed by atoms with Crippen molar-refractivity contribution in [1.29, 1.82) is 0 Å². The fourth-order valence-electron chi connectivity index (χ4n) is 3.03. The fraction of sp³-hybridized carbons (Fsp3) is 0.417. The zero-order valence-electron chi connectivity index (χ0n) is 18.7. The van der Waals surface area contributed by atoms with Gasteiger partial charge in [0.15, 0.2) is 0 Å². The van der Waals surface area contributed by atoms with E-state index in [4.69, 9.17) is 27.9 Å². The molecule has 0 aliphatic rings. The number of unbranched alkanes of at least 4 members (excludes halogenated alkanes) is 1. The van der Waals surface area contributed by atoms with Gasteiger partial charge in [0.2, 0.25) is 11.8 Å². The molecule has 0 radical (unpaired) electrons. The van der Waals surface area contributed by atoms with Crippen LogP contribution < -0.4 is 10.1 Å². The number of hydrogen-bond donors (Lipinski definition) is 1. The molecule has 2 aromatic rings. The lowest BCUT2D eigenvalue weighted by molar-refractivity contribution is -0.138. The highest BCUT2D eigenvalue weighted by atomic mass is 35.5. The molecule has 2 rings (SSSR count). The van der Waals surface area contributed by atoms with Crippen LogP contribution in [0, 0.1) is 0 Å². The van der Waals surface area contributed by atoms with Gasteiger partial charge in [0, 0.05) is 34.5 Å². The first-order valence-corrected chi connectivity index (χ1v) is 12.5. The van der Waals surface area contributed by atoms with E-state index in [0.29, 0.717) is 27.9 Å². The van der Waals surface area contributed by atoms with Crippen LogP contribution in [-0.4, -0.2) is 42.2 Å². The van der Waals surface area contributed by atoms with E-state index in [9.17, 15) is 9.59 Å². The van der Waals surface area contributed by atoms with Crippen LogP contribution in [0.3, 0.4) is 0 Å². The highest BCUT2D eigenvalue weighted by Gasteiger charge is 2.27. The molecule has 32 heavy (non-hydrogen) atoms. The SMILES string of the molecule is CCCCNC(=O)C(C)N(Cc1c(Cl)cccc1Cl)C(=O)CSCc1ccc(OC)cc1. The number of carbonyl (C=O) groups is 2. The van der Waals surface area contributed by atoms with Gasteiger partial charge in [-0.2, -0.15) is 0 Å². The number of thioether (sulfide) groups is 1. The molecule has 174 valence electrons. The predicted molar refractivity (Wildman–Crippen MR) is 134 cm³/mol. The maximum Gasteiger partial charge on any atom is 0.242 e. The zero-order chi connectivity index (χ0) is 23.5. The average molecular weight is 497 g/mol. The molecule has 2 aromatic carbocycles. The van der Waals surface area contributed by atoms with Crippen molar-refractivity contribution in [2.24, 2.45) is 0 Å². The summed E-state index contributed by atoms with van der Waals surface area (Å²) < 4.78 is 5.18. The third-order valence-electron chi connectivity index (χ3n) is 5.04. The second-order valence-electron chi connectivity index (χ2n) is 7.38. The predicted octanol–water partition coefficient (Wildman–Crippen LogP) is 5.57. The molecular formula is C24H30Cl2N2O3S. The number of rotatable bonds is 12. The Balaban J connectivity index is 2.09. The van der Waals surface area contributed by atoms with Crippen LogP contribution in [-0.2, 0) is 21.9 Å². The van der Waals surface area contributed by atoms with E-state index in [1.807, 2.05) is 24.3 Å². The van der Waals surface area contributed by atoms with Crippen LogP contribution in [0.15, 0.2) is 42.5 Å². The summed E-state index contributed by atoms with van der Waals surface area (Å²) in [5.74, 6) is 1.38. The molecule has 0 bridgehead atoms. The minimum atomic E-state index is -0.645. The monoisotopic (exact) mass is 496 g/mol. The molecule has 0 spiro atoms. The molecule has 1 atom stereocenters. The minimum Gasteiger partial charge on any atom is -0.497 e. The summed E-state index contributed by atoms with van der Waals surface area (Å²) in [5, 5.41) is 3.85. The van der Waals surface area contributed by atoms with Crippen molar-refractivity contribution in [1.82, 2.24) is 10.2 Å².